The van der Waals surface area contributed by atoms with Gasteiger partial charge in [0.2, 0.25) is 0 Å². The van der Waals surface area contributed by atoms with Crippen molar-refractivity contribution in [3.63, 3.8) is 0 Å². The van der Waals surface area contributed by atoms with Gasteiger partial charge in [-0.1, -0.05) is 19.2 Å². The molecule has 0 amide bonds. The predicted molar refractivity (Wildman–Crippen MR) is 137 cm³/mol. The van der Waals surface area contributed by atoms with Gasteiger partial charge in [-0.2, -0.15) is 5.10 Å². The summed E-state index contributed by atoms with van der Waals surface area (Å²) in [5, 5.41) is 8.63. The van der Waals surface area contributed by atoms with Crippen LogP contribution < -0.4 is 5.73 Å². The Morgan fingerprint density at radius 3 is 2.65 bits per heavy atom. The topological polar surface area (TPSA) is 109 Å². The molecule has 0 unspecified atom stereocenters. The summed E-state index contributed by atoms with van der Waals surface area (Å²) in [4.78, 5) is 17.0. The Bertz CT molecular complexity index is 1600. The molecule has 0 saturated heterocycles. The van der Waals surface area contributed by atoms with E-state index in [4.69, 9.17) is 10.7 Å². The molecule has 0 aliphatic heterocycles. The lowest BCUT2D eigenvalue weighted by Gasteiger charge is -2.05. The molecular formula is C27H23N7. The van der Waals surface area contributed by atoms with Gasteiger partial charge in [0.25, 0.3) is 0 Å². The summed E-state index contributed by atoms with van der Waals surface area (Å²) in [7, 11) is 0. The van der Waals surface area contributed by atoms with Gasteiger partial charge in [0.05, 0.1) is 16.9 Å². The molecule has 0 aliphatic carbocycles. The van der Waals surface area contributed by atoms with Crippen molar-refractivity contribution in [1.29, 1.82) is 0 Å². The molecule has 0 bridgehead atoms. The quantitative estimate of drug-likeness (QED) is 0.297. The van der Waals surface area contributed by atoms with E-state index < -0.39 is 0 Å². The maximum Gasteiger partial charge on any atom is 0.138 e. The Balaban J connectivity index is 1.65. The third-order valence-corrected chi connectivity index (χ3v) is 5.47. The van der Waals surface area contributed by atoms with Crippen molar-refractivity contribution in [2.24, 2.45) is 5.73 Å². The number of fused-ring (bicyclic) bond motifs is 2. The number of aromatic amines is 2. The van der Waals surface area contributed by atoms with E-state index in [0.717, 1.165) is 55.7 Å². The van der Waals surface area contributed by atoms with E-state index in [-0.39, 0.29) is 0 Å². The van der Waals surface area contributed by atoms with Crippen LogP contribution in [0.4, 0.5) is 0 Å². The largest absolute Gasteiger partial charge is 0.402 e. The van der Waals surface area contributed by atoms with Crippen LogP contribution in [0.1, 0.15) is 12.6 Å². The SMILES string of the molecule is C=CC(=C)/C=C(\C=C(/C)N)c1ccc2[nH]nc(-c3cc4c(-c5ccncc5)ccnc4[nH]3)c2n1. The number of hydrogen-bond acceptors (Lipinski definition) is 5. The first-order valence-electron chi connectivity index (χ1n) is 10.7. The Hall–Kier alpha value is -4.78. The number of rotatable bonds is 6. The molecule has 4 N–H and O–H groups in total. The van der Waals surface area contributed by atoms with Gasteiger partial charge in [-0.15, -0.1) is 0 Å². The number of H-pyrrole nitrogens is 2. The van der Waals surface area contributed by atoms with E-state index in [1.807, 2.05) is 49.4 Å². The number of aromatic nitrogens is 6. The van der Waals surface area contributed by atoms with Gasteiger partial charge in [0.15, 0.2) is 0 Å². The Morgan fingerprint density at radius 2 is 1.88 bits per heavy atom. The minimum Gasteiger partial charge on any atom is -0.402 e. The number of nitrogens with two attached hydrogens (primary N) is 1. The van der Waals surface area contributed by atoms with Crippen LogP contribution in [0.3, 0.4) is 0 Å². The second-order valence-corrected chi connectivity index (χ2v) is 7.97. The van der Waals surface area contributed by atoms with Gasteiger partial charge < -0.3 is 10.7 Å². The number of nitrogens with one attached hydrogen (secondary N) is 2. The van der Waals surface area contributed by atoms with Gasteiger partial charge >= 0.3 is 0 Å². The monoisotopic (exact) mass is 445 g/mol. The zero-order valence-electron chi connectivity index (χ0n) is 18.7. The third-order valence-electron chi connectivity index (χ3n) is 5.47. The van der Waals surface area contributed by atoms with Crippen LogP contribution in [0.2, 0.25) is 0 Å². The van der Waals surface area contributed by atoms with E-state index in [9.17, 15) is 0 Å². The van der Waals surface area contributed by atoms with E-state index >= 15 is 0 Å². The maximum absolute atomic E-state index is 5.97. The Kier molecular flexibility index (Phi) is 5.35. The van der Waals surface area contributed by atoms with E-state index in [2.05, 4.69) is 44.4 Å². The molecule has 5 rings (SSSR count). The highest BCUT2D eigenvalue weighted by Crippen LogP contribution is 2.33. The standard InChI is InChI=1S/C27H23N7/c1-4-16(2)13-19(14-17(3)28)22-5-6-23-25(31-22)26(34-33-23)24-15-21-20(9-12-30-27(21)32-24)18-7-10-29-11-8-18/h4-15H,1-2,28H2,3H3,(H,30,32)(H,33,34)/b17-14+,19-13+. The molecular weight excluding hydrogens is 422 g/mol. The average molecular weight is 446 g/mol. The van der Waals surface area contributed by atoms with Gasteiger partial charge in [-0.05, 0) is 72.2 Å². The van der Waals surface area contributed by atoms with Crippen molar-refractivity contribution in [2.45, 2.75) is 6.92 Å². The Labute approximate surface area is 196 Å². The normalized spacial score (nSPS) is 12.4. The van der Waals surface area contributed by atoms with Crippen molar-refractivity contribution in [3.05, 3.63) is 103 Å². The molecule has 7 nitrogen and oxygen atoms in total. The van der Waals surface area contributed by atoms with Crippen LogP contribution in [0, 0.1) is 0 Å². The second-order valence-electron chi connectivity index (χ2n) is 7.97. The van der Waals surface area contributed by atoms with Crippen LogP contribution in [0.5, 0.6) is 0 Å². The summed E-state index contributed by atoms with van der Waals surface area (Å²) in [6.07, 6.45) is 10.8. The number of hydrogen-bond donors (Lipinski definition) is 3. The van der Waals surface area contributed by atoms with Gasteiger partial charge in [-0.25, -0.2) is 9.97 Å². The van der Waals surface area contributed by atoms with Crippen LogP contribution in [0.15, 0.2) is 97.6 Å². The van der Waals surface area contributed by atoms with Crippen LogP contribution in [0.25, 0.3) is 50.2 Å². The zero-order valence-corrected chi connectivity index (χ0v) is 18.7. The molecule has 0 aromatic carbocycles. The van der Waals surface area contributed by atoms with E-state index in [1.54, 1.807) is 24.7 Å². The van der Waals surface area contributed by atoms with Crippen LogP contribution >= 0.6 is 0 Å². The maximum atomic E-state index is 5.97. The van der Waals surface area contributed by atoms with Gasteiger partial charge in [0, 0.05) is 35.2 Å². The fraction of sp³-hybridized carbons (Fsp3) is 0.0370. The van der Waals surface area contributed by atoms with E-state index in [0.29, 0.717) is 11.4 Å². The summed E-state index contributed by atoms with van der Waals surface area (Å²) in [6.45, 7) is 9.62. The molecule has 0 atom stereocenters. The fourth-order valence-corrected chi connectivity index (χ4v) is 3.88. The minimum atomic E-state index is 0.669. The van der Waals surface area contributed by atoms with Crippen molar-refractivity contribution in [3.8, 4) is 22.5 Å². The first-order valence-corrected chi connectivity index (χ1v) is 10.7. The van der Waals surface area contributed by atoms with Crippen LogP contribution in [-0.4, -0.2) is 30.1 Å². The highest BCUT2D eigenvalue weighted by Gasteiger charge is 2.16. The van der Waals surface area contributed by atoms with Crippen molar-refractivity contribution < 1.29 is 0 Å². The summed E-state index contributed by atoms with van der Waals surface area (Å²) in [5.41, 5.74) is 15.0. The molecule has 34 heavy (non-hydrogen) atoms. The van der Waals surface area contributed by atoms with Crippen molar-refractivity contribution >= 4 is 27.6 Å². The number of nitrogens with zero attached hydrogens (tertiary/aromatic N) is 4. The summed E-state index contributed by atoms with van der Waals surface area (Å²) in [5.74, 6) is 0. The highest BCUT2D eigenvalue weighted by molar-refractivity contribution is 5.99. The molecule has 0 aliphatic rings. The average Bonchev–Trinajstić information content (AvgIpc) is 3.47. The molecule has 0 saturated carbocycles. The number of allylic oxidation sites excluding steroid dienone is 6. The molecule has 5 aromatic rings. The Morgan fingerprint density at radius 1 is 1.06 bits per heavy atom. The predicted octanol–water partition coefficient (Wildman–Crippen LogP) is 5.55. The lowest BCUT2D eigenvalue weighted by molar-refractivity contribution is 1.12. The summed E-state index contributed by atoms with van der Waals surface area (Å²) in [6, 6.07) is 11.9. The molecule has 166 valence electrons. The summed E-state index contributed by atoms with van der Waals surface area (Å²) < 4.78 is 0. The first kappa shape index (κ1) is 21.1. The van der Waals surface area contributed by atoms with Crippen molar-refractivity contribution in [2.75, 3.05) is 0 Å². The van der Waals surface area contributed by atoms with Gasteiger partial charge in [-0.3, -0.25) is 10.1 Å². The van der Waals surface area contributed by atoms with Gasteiger partial charge in [0.1, 0.15) is 16.9 Å². The fourth-order valence-electron chi connectivity index (χ4n) is 3.88. The minimum absolute atomic E-state index is 0.669. The summed E-state index contributed by atoms with van der Waals surface area (Å²) >= 11 is 0. The lowest BCUT2D eigenvalue weighted by atomic mass is 10.0. The smallest absolute Gasteiger partial charge is 0.138 e. The molecule has 5 aromatic heterocycles. The molecule has 5 heterocycles. The molecule has 0 fully saturated rings. The number of pyridine rings is 3. The molecule has 7 heteroatoms. The van der Waals surface area contributed by atoms with Crippen LogP contribution in [-0.2, 0) is 0 Å². The molecule has 0 spiro atoms. The lowest BCUT2D eigenvalue weighted by Crippen LogP contribution is -1.94. The first-order chi connectivity index (χ1) is 16.5. The van der Waals surface area contributed by atoms with Crippen molar-refractivity contribution in [1.82, 2.24) is 30.1 Å². The zero-order chi connectivity index (χ0) is 23.7. The van der Waals surface area contributed by atoms with E-state index in [1.165, 1.54) is 0 Å². The molecule has 0 radical (unpaired) electrons. The third kappa shape index (κ3) is 3.91. The highest BCUT2D eigenvalue weighted by atomic mass is 15.1. The second kappa shape index (κ2) is 8.63.